The van der Waals surface area contributed by atoms with Gasteiger partial charge in [0.1, 0.15) is 10.6 Å². The van der Waals surface area contributed by atoms with Gasteiger partial charge in [-0.2, -0.15) is 0 Å². The molecule has 0 bridgehead atoms. The molecule has 1 aromatic rings. The van der Waals surface area contributed by atoms with Gasteiger partial charge in [-0.25, -0.2) is 4.98 Å². The average Bonchev–Trinajstić information content (AvgIpc) is 2.85. The molecule has 2 rings (SSSR count). The van der Waals surface area contributed by atoms with Gasteiger partial charge in [-0.3, -0.25) is 0 Å². The maximum atomic E-state index is 5.95. The van der Waals surface area contributed by atoms with Crippen molar-refractivity contribution in [2.24, 2.45) is 0 Å². The zero-order chi connectivity index (χ0) is 14.4. The second-order valence-electron chi connectivity index (χ2n) is 5.86. The number of nitrogens with one attached hydrogen (secondary N) is 1. The standard InChI is InChI=1S/C16H28N2OS/c1-4-11-17-13(2)14-12-18-15(20-14)16(19-3)9-7-5-6-8-10-16/h12-13,17H,4-11H2,1-3H3. The van der Waals surface area contributed by atoms with Gasteiger partial charge in [0.2, 0.25) is 0 Å². The van der Waals surface area contributed by atoms with Gasteiger partial charge < -0.3 is 10.1 Å². The van der Waals surface area contributed by atoms with Gasteiger partial charge in [0, 0.05) is 24.2 Å². The number of hydrogen-bond acceptors (Lipinski definition) is 4. The third kappa shape index (κ3) is 3.60. The molecule has 3 nitrogen and oxygen atoms in total. The van der Waals surface area contributed by atoms with Gasteiger partial charge >= 0.3 is 0 Å². The van der Waals surface area contributed by atoms with Gasteiger partial charge in [-0.05, 0) is 32.7 Å². The van der Waals surface area contributed by atoms with Crippen LogP contribution < -0.4 is 5.32 Å². The van der Waals surface area contributed by atoms with E-state index in [1.165, 1.54) is 35.6 Å². The zero-order valence-corrected chi connectivity index (χ0v) is 13.9. The van der Waals surface area contributed by atoms with E-state index in [0.717, 1.165) is 25.8 Å². The minimum Gasteiger partial charge on any atom is -0.371 e. The normalized spacial score (nSPS) is 20.6. The first-order valence-corrected chi connectivity index (χ1v) is 8.78. The molecule has 0 saturated heterocycles. The lowest BCUT2D eigenvalue weighted by molar-refractivity contribution is -0.0279. The summed E-state index contributed by atoms with van der Waals surface area (Å²) in [7, 11) is 1.85. The molecule has 1 aliphatic rings. The lowest BCUT2D eigenvalue weighted by Crippen LogP contribution is -2.27. The minimum atomic E-state index is -0.121. The summed E-state index contributed by atoms with van der Waals surface area (Å²) in [4.78, 5) is 6.04. The molecule has 0 amide bonds. The van der Waals surface area contributed by atoms with Crippen LogP contribution in [-0.4, -0.2) is 18.6 Å². The van der Waals surface area contributed by atoms with Crippen LogP contribution in [-0.2, 0) is 10.3 Å². The van der Waals surface area contributed by atoms with Crippen molar-refractivity contribution >= 4 is 11.3 Å². The molecular formula is C16H28N2OS. The molecule has 1 fully saturated rings. The Labute approximate surface area is 127 Å². The van der Waals surface area contributed by atoms with Crippen LogP contribution in [0.4, 0.5) is 0 Å². The highest BCUT2D eigenvalue weighted by Crippen LogP contribution is 2.41. The number of methoxy groups -OCH3 is 1. The van der Waals surface area contributed by atoms with Crippen molar-refractivity contribution in [3.8, 4) is 0 Å². The van der Waals surface area contributed by atoms with E-state index in [9.17, 15) is 0 Å². The topological polar surface area (TPSA) is 34.2 Å². The molecule has 114 valence electrons. The smallest absolute Gasteiger partial charge is 0.125 e. The Bertz CT molecular complexity index is 397. The Morgan fingerprint density at radius 3 is 2.65 bits per heavy atom. The Balaban J connectivity index is 2.12. The predicted molar refractivity (Wildman–Crippen MR) is 85.2 cm³/mol. The number of aromatic nitrogens is 1. The molecule has 1 aromatic heterocycles. The first-order valence-electron chi connectivity index (χ1n) is 7.96. The van der Waals surface area contributed by atoms with Crippen LogP contribution in [0.3, 0.4) is 0 Å². The summed E-state index contributed by atoms with van der Waals surface area (Å²) in [5.74, 6) is 0. The van der Waals surface area contributed by atoms with E-state index in [1.54, 1.807) is 0 Å². The lowest BCUT2D eigenvalue weighted by atomic mass is 9.95. The number of rotatable bonds is 6. The van der Waals surface area contributed by atoms with Crippen LogP contribution in [0.1, 0.15) is 74.7 Å². The lowest BCUT2D eigenvalue weighted by Gasteiger charge is -2.29. The van der Waals surface area contributed by atoms with Crippen molar-refractivity contribution in [3.63, 3.8) is 0 Å². The molecule has 1 aliphatic carbocycles. The highest BCUT2D eigenvalue weighted by molar-refractivity contribution is 7.11. The molecule has 0 radical (unpaired) electrons. The molecule has 1 heterocycles. The average molecular weight is 296 g/mol. The SMILES string of the molecule is CCCNC(C)c1cnc(C2(OC)CCCCCC2)s1. The Hall–Kier alpha value is -0.450. The number of thiazole rings is 1. The fraction of sp³-hybridized carbons (Fsp3) is 0.812. The third-order valence-electron chi connectivity index (χ3n) is 4.34. The fourth-order valence-corrected chi connectivity index (χ4v) is 4.13. The summed E-state index contributed by atoms with van der Waals surface area (Å²) in [5.41, 5.74) is -0.121. The number of hydrogen-bond donors (Lipinski definition) is 1. The Morgan fingerprint density at radius 1 is 1.35 bits per heavy atom. The van der Waals surface area contributed by atoms with Gasteiger partial charge in [-0.15, -0.1) is 11.3 Å². The third-order valence-corrected chi connectivity index (χ3v) is 5.71. The monoisotopic (exact) mass is 296 g/mol. The molecule has 0 aromatic carbocycles. The molecule has 1 saturated carbocycles. The second kappa shape index (κ2) is 7.53. The van der Waals surface area contributed by atoms with E-state index in [0.29, 0.717) is 6.04 Å². The molecule has 0 spiro atoms. The van der Waals surface area contributed by atoms with Crippen LogP contribution in [0.25, 0.3) is 0 Å². The first kappa shape index (κ1) is 15.9. The van der Waals surface area contributed by atoms with E-state index in [2.05, 4.69) is 19.2 Å². The maximum Gasteiger partial charge on any atom is 0.125 e. The summed E-state index contributed by atoms with van der Waals surface area (Å²) in [6.07, 6.45) is 10.6. The van der Waals surface area contributed by atoms with Crippen molar-refractivity contribution in [2.75, 3.05) is 13.7 Å². The van der Waals surface area contributed by atoms with Crippen LogP contribution in [0, 0.1) is 0 Å². The van der Waals surface area contributed by atoms with Crippen LogP contribution in [0.2, 0.25) is 0 Å². The molecule has 20 heavy (non-hydrogen) atoms. The number of nitrogens with zero attached hydrogens (tertiary/aromatic N) is 1. The second-order valence-corrected chi connectivity index (χ2v) is 6.92. The summed E-state index contributed by atoms with van der Waals surface area (Å²) < 4.78 is 5.95. The van der Waals surface area contributed by atoms with Crippen LogP contribution in [0.5, 0.6) is 0 Å². The zero-order valence-electron chi connectivity index (χ0n) is 13.1. The van der Waals surface area contributed by atoms with Crippen molar-refractivity contribution in [1.29, 1.82) is 0 Å². The van der Waals surface area contributed by atoms with Gasteiger partial charge in [0.25, 0.3) is 0 Å². The highest BCUT2D eigenvalue weighted by atomic mass is 32.1. The fourth-order valence-electron chi connectivity index (χ4n) is 2.96. The molecule has 0 aliphatic heterocycles. The van der Waals surface area contributed by atoms with Crippen LogP contribution in [0.15, 0.2) is 6.20 Å². The molecule has 1 N–H and O–H groups in total. The highest BCUT2D eigenvalue weighted by Gasteiger charge is 2.35. The van der Waals surface area contributed by atoms with Crippen molar-refractivity contribution in [3.05, 3.63) is 16.1 Å². The maximum absolute atomic E-state index is 5.95. The summed E-state index contributed by atoms with van der Waals surface area (Å²) >= 11 is 1.83. The molecular weight excluding hydrogens is 268 g/mol. The van der Waals surface area contributed by atoms with E-state index in [1.807, 2.05) is 24.6 Å². The summed E-state index contributed by atoms with van der Waals surface area (Å²) in [6, 6.07) is 0.390. The van der Waals surface area contributed by atoms with Crippen molar-refractivity contribution in [2.45, 2.75) is 70.4 Å². The van der Waals surface area contributed by atoms with E-state index in [4.69, 9.17) is 9.72 Å². The van der Waals surface area contributed by atoms with Crippen molar-refractivity contribution < 1.29 is 4.74 Å². The van der Waals surface area contributed by atoms with Crippen molar-refractivity contribution in [1.82, 2.24) is 10.3 Å². The first-order chi connectivity index (χ1) is 9.72. The van der Waals surface area contributed by atoms with E-state index in [-0.39, 0.29) is 5.60 Å². The Kier molecular flexibility index (Phi) is 6.00. The van der Waals surface area contributed by atoms with Gasteiger partial charge in [0.05, 0.1) is 0 Å². The predicted octanol–water partition coefficient (Wildman–Crippen LogP) is 4.40. The van der Waals surface area contributed by atoms with E-state index >= 15 is 0 Å². The quantitative estimate of drug-likeness (QED) is 0.790. The summed E-state index contributed by atoms with van der Waals surface area (Å²) in [6.45, 7) is 5.48. The van der Waals surface area contributed by atoms with Crippen LogP contribution >= 0.6 is 11.3 Å². The molecule has 4 heteroatoms. The largest absolute Gasteiger partial charge is 0.371 e. The minimum absolute atomic E-state index is 0.121. The Morgan fingerprint density at radius 2 is 2.05 bits per heavy atom. The van der Waals surface area contributed by atoms with Gasteiger partial charge in [0.15, 0.2) is 0 Å². The summed E-state index contributed by atoms with van der Waals surface area (Å²) in [5, 5.41) is 4.72. The molecule has 1 unspecified atom stereocenters. The molecule has 1 atom stereocenters. The number of ether oxygens (including phenoxy) is 1. The van der Waals surface area contributed by atoms with E-state index < -0.39 is 0 Å². The van der Waals surface area contributed by atoms with Gasteiger partial charge in [-0.1, -0.05) is 32.6 Å².